The molecule has 3 aromatic rings. The van der Waals surface area contributed by atoms with Gasteiger partial charge in [0.05, 0.1) is 23.3 Å². The van der Waals surface area contributed by atoms with Gasteiger partial charge in [0.2, 0.25) is 0 Å². The van der Waals surface area contributed by atoms with E-state index in [4.69, 9.17) is 0 Å². The van der Waals surface area contributed by atoms with E-state index in [1.807, 2.05) is 29.6 Å². The lowest BCUT2D eigenvalue weighted by molar-refractivity contribution is -0.384. The summed E-state index contributed by atoms with van der Waals surface area (Å²) in [6.45, 7) is 2.07. The molecule has 0 fully saturated rings. The minimum absolute atomic E-state index is 0.0383. The van der Waals surface area contributed by atoms with Gasteiger partial charge in [-0.15, -0.1) is 11.3 Å². The van der Waals surface area contributed by atoms with Crippen molar-refractivity contribution in [2.24, 2.45) is 0 Å². The first-order valence-electron chi connectivity index (χ1n) is 8.65. The van der Waals surface area contributed by atoms with Crippen molar-refractivity contribution in [2.75, 3.05) is 12.4 Å². The number of thiazole rings is 1. The van der Waals surface area contributed by atoms with Crippen molar-refractivity contribution in [1.29, 1.82) is 0 Å². The van der Waals surface area contributed by atoms with Crippen LogP contribution in [0.1, 0.15) is 33.2 Å². The molecule has 0 aliphatic rings. The molecule has 1 N–H and O–H groups in total. The molecule has 148 valence electrons. The summed E-state index contributed by atoms with van der Waals surface area (Å²) in [5.41, 5.74) is 2.34. The summed E-state index contributed by atoms with van der Waals surface area (Å²) in [5.74, 6) is -1.38. The highest BCUT2D eigenvalue weighted by atomic mass is 32.1. The summed E-state index contributed by atoms with van der Waals surface area (Å²) in [4.78, 5) is 39.1. The lowest BCUT2D eigenvalue weighted by atomic mass is 10.1. The average molecular weight is 411 g/mol. The van der Waals surface area contributed by atoms with E-state index in [2.05, 4.69) is 22.0 Å². The second-order valence-corrected chi connectivity index (χ2v) is 6.92. The van der Waals surface area contributed by atoms with E-state index in [1.165, 1.54) is 23.0 Å². The van der Waals surface area contributed by atoms with Crippen molar-refractivity contribution >= 4 is 34.0 Å². The number of non-ortho nitro benzene ring substituents is 1. The Bertz CT molecular complexity index is 1080. The lowest BCUT2D eigenvalue weighted by Gasteiger charge is -2.05. The number of carbonyl (C=O) groups excluding carboxylic acids is 2. The van der Waals surface area contributed by atoms with Crippen LogP contribution in [0.4, 0.5) is 10.8 Å². The number of nitro benzene ring substituents is 1. The van der Waals surface area contributed by atoms with Crippen LogP contribution in [0.15, 0.2) is 47.8 Å². The van der Waals surface area contributed by atoms with Crippen LogP contribution in [0.3, 0.4) is 0 Å². The van der Waals surface area contributed by atoms with Crippen LogP contribution in [0.5, 0.6) is 0 Å². The van der Waals surface area contributed by atoms with Crippen LogP contribution < -0.4 is 5.32 Å². The fraction of sp³-hybridized carbons (Fsp3) is 0.150. The van der Waals surface area contributed by atoms with Gasteiger partial charge in [-0.05, 0) is 18.1 Å². The van der Waals surface area contributed by atoms with Crippen molar-refractivity contribution in [2.45, 2.75) is 13.3 Å². The second kappa shape index (κ2) is 8.61. The number of esters is 1. The summed E-state index contributed by atoms with van der Waals surface area (Å²) in [5, 5.41) is 15.9. The number of carbonyl (C=O) groups is 2. The van der Waals surface area contributed by atoms with Crippen LogP contribution in [0, 0.1) is 10.1 Å². The highest BCUT2D eigenvalue weighted by molar-refractivity contribution is 7.14. The minimum atomic E-state index is -0.769. The predicted molar refractivity (Wildman–Crippen MR) is 109 cm³/mol. The van der Waals surface area contributed by atoms with E-state index in [0.717, 1.165) is 31.2 Å². The molecule has 0 aliphatic carbocycles. The Kier molecular flexibility index (Phi) is 5.99. The van der Waals surface area contributed by atoms with Crippen molar-refractivity contribution in [3.8, 4) is 11.3 Å². The standard InChI is InChI=1S/C20H17N3O5S/c1-3-12-4-6-13(7-5-12)17-11-29-20(21-17)22-18(24)14-8-15(19(25)28-2)10-16(9-14)23(26)27/h4-11H,3H2,1-2H3,(H,21,22,24). The number of anilines is 1. The number of nitrogens with one attached hydrogen (secondary N) is 1. The molecule has 0 spiro atoms. The van der Waals surface area contributed by atoms with E-state index in [-0.39, 0.29) is 16.8 Å². The van der Waals surface area contributed by atoms with Gasteiger partial charge >= 0.3 is 5.97 Å². The highest BCUT2D eigenvalue weighted by Crippen LogP contribution is 2.26. The maximum Gasteiger partial charge on any atom is 0.338 e. The van der Waals surface area contributed by atoms with Crippen molar-refractivity contribution < 1.29 is 19.2 Å². The topological polar surface area (TPSA) is 111 Å². The van der Waals surface area contributed by atoms with Crippen LogP contribution in [-0.2, 0) is 11.2 Å². The number of methoxy groups -OCH3 is 1. The van der Waals surface area contributed by atoms with E-state index in [9.17, 15) is 19.7 Å². The van der Waals surface area contributed by atoms with Crippen LogP contribution in [0.25, 0.3) is 11.3 Å². The molecule has 0 saturated carbocycles. The van der Waals surface area contributed by atoms with Gasteiger partial charge < -0.3 is 4.74 Å². The summed E-state index contributed by atoms with van der Waals surface area (Å²) in [6.07, 6.45) is 0.940. The summed E-state index contributed by atoms with van der Waals surface area (Å²) >= 11 is 1.23. The van der Waals surface area contributed by atoms with Crippen molar-refractivity contribution in [3.63, 3.8) is 0 Å². The molecule has 3 rings (SSSR count). The SMILES string of the molecule is CCc1ccc(-c2csc(NC(=O)c3cc(C(=O)OC)cc([N+](=O)[O-])c3)n2)cc1. The molecule has 2 aromatic carbocycles. The maximum atomic E-state index is 12.6. The average Bonchev–Trinajstić information content (AvgIpc) is 3.21. The molecular formula is C20H17N3O5S. The molecule has 1 heterocycles. The number of ether oxygens (including phenoxy) is 1. The summed E-state index contributed by atoms with van der Waals surface area (Å²) in [7, 11) is 1.16. The molecule has 0 saturated heterocycles. The molecule has 0 aliphatic heterocycles. The van der Waals surface area contributed by atoms with E-state index < -0.39 is 16.8 Å². The van der Waals surface area contributed by atoms with E-state index >= 15 is 0 Å². The third-order valence-electron chi connectivity index (χ3n) is 4.19. The number of nitrogens with zero attached hydrogens (tertiary/aromatic N) is 2. The molecule has 1 aromatic heterocycles. The van der Waals surface area contributed by atoms with Crippen molar-refractivity contribution in [1.82, 2.24) is 4.98 Å². The molecule has 8 nitrogen and oxygen atoms in total. The molecule has 0 unspecified atom stereocenters. The number of hydrogen-bond donors (Lipinski definition) is 1. The van der Waals surface area contributed by atoms with Gasteiger partial charge in [-0.25, -0.2) is 9.78 Å². The van der Waals surface area contributed by atoms with Gasteiger partial charge in [-0.2, -0.15) is 0 Å². The zero-order chi connectivity index (χ0) is 21.0. The van der Waals surface area contributed by atoms with Gasteiger partial charge in [-0.3, -0.25) is 20.2 Å². The Labute approximate surface area is 170 Å². The van der Waals surface area contributed by atoms with Gasteiger partial charge in [0.1, 0.15) is 0 Å². The molecule has 1 amide bonds. The molecular weight excluding hydrogens is 394 g/mol. The van der Waals surface area contributed by atoms with Gasteiger partial charge in [0, 0.05) is 28.6 Å². The lowest BCUT2D eigenvalue weighted by Crippen LogP contribution is -2.13. The molecule has 9 heteroatoms. The number of aryl methyl sites for hydroxylation is 1. The molecule has 0 radical (unpaired) electrons. The largest absolute Gasteiger partial charge is 0.465 e. The Morgan fingerprint density at radius 3 is 2.48 bits per heavy atom. The number of amides is 1. The van der Waals surface area contributed by atoms with E-state index in [0.29, 0.717) is 10.8 Å². The van der Waals surface area contributed by atoms with Gasteiger partial charge in [0.15, 0.2) is 5.13 Å². The normalized spacial score (nSPS) is 10.4. The fourth-order valence-electron chi connectivity index (χ4n) is 2.63. The van der Waals surface area contributed by atoms with Crippen LogP contribution in [-0.4, -0.2) is 28.9 Å². The Morgan fingerprint density at radius 2 is 1.86 bits per heavy atom. The smallest absolute Gasteiger partial charge is 0.338 e. The Balaban J connectivity index is 1.83. The number of aromatic nitrogens is 1. The van der Waals surface area contributed by atoms with Gasteiger partial charge in [0.25, 0.3) is 11.6 Å². The zero-order valence-corrected chi connectivity index (χ0v) is 16.5. The number of hydrogen-bond acceptors (Lipinski definition) is 7. The van der Waals surface area contributed by atoms with Crippen molar-refractivity contribution in [3.05, 3.63) is 74.6 Å². The third kappa shape index (κ3) is 4.64. The fourth-order valence-corrected chi connectivity index (χ4v) is 3.34. The summed E-state index contributed by atoms with van der Waals surface area (Å²) < 4.78 is 4.59. The quantitative estimate of drug-likeness (QED) is 0.367. The Hall–Kier alpha value is -3.59. The van der Waals surface area contributed by atoms with Crippen LogP contribution >= 0.6 is 11.3 Å². The second-order valence-electron chi connectivity index (χ2n) is 6.06. The highest BCUT2D eigenvalue weighted by Gasteiger charge is 2.19. The first-order valence-corrected chi connectivity index (χ1v) is 9.53. The Morgan fingerprint density at radius 1 is 1.17 bits per heavy atom. The first-order chi connectivity index (χ1) is 13.9. The number of nitro groups is 1. The monoisotopic (exact) mass is 411 g/mol. The third-order valence-corrected chi connectivity index (χ3v) is 4.95. The number of rotatable bonds is 6. The maximum absolute atomic E-state index is 12.6. The minimum Gasteiger partial charge on any atom is -0.465 e. The van der Waals surface area contributed by atoms with E-state index in [1.54, 1.807) is 0 Å². The number of benzene rings is 2. The zero-order valence-electron chi connectivity index (χ0n) is 15.7. The predicted octanol–water partition coefficient (Wildman–Crippen LogP) is 4.32. The molecule has 29 heavy (non-hydrogen) atoms. The first kappa shape index (κ1) is 20.2. The van der Waals surface area contributed by atoms with Gasteiger partial charge in [-0.1, -0.05) is 31.2 Å². The van der Waals surface area contributed by atoms with Crippen LogP contribution in [0.2, 0.25) is 0 Å². The summed E-state index contributed by atoms with van der Waals surface area (Å²) in [6, 6.07) is 11.4. The molecule has 0 atom stereocenters. The molecule has 0 bridgehead atoms.